The molecule has 1 amide bonds. The molecule has 2 atom stereocenters. The Bertz CT molecular complexity index is 478. The van der Waals surface area contributed by atoms with E-state index in [9.17, 15) is 4.79 Å². The zero-order valence-electron chi connectivity index (χ0n) is 12.8. The number of nitrogens with one attached hydrogen (secondary N) is 1. The Kier molecular flexibility index (Phi) is 5.59. The SMILES string of the molecule is COc1cccc(CNC(=O)CN2CCC(N)CC2C)c1. The van der Waals surface area contributed by atoms with E-state index in [1.165, 1.54) is 0 Å². The van der Waals surface area contributed by atoms with Crippen molar-refractivity contribution in [3.05, 3.63) is 29.8 Å². The monoisotopic (exact) mass is 291 g/mol. The second-order valence-electron chi connectivity index (χ2n) is 5.73. The number of ether oxygens (including phenoxy) is 1. The molecule has 1 aliphatic rings. The maximum absolute atomic E-state index is 12.1. The highest BCUT2D eigenvalue weighted by Crippen LogP contribution is 2.15. The van der Waals surface area contributed by atoms with E-state index in [1.54, 1.807) is 7.11 Å². The van der Waals surface area contributed by atoms with E-state index in [0.29, 0.717) is 19.1 Å². The van der Waals surface area contributed by atoms with Crippen LogP contribution in [0.15, 0.2) is 24.3 Å². The number of amides is 1. The minimum atomic E-state index is 0.0557. The summed E-state index contributed by atoms with van der Waals surface area (Å²) in [6.07, 6.45) is 1.93. The average Bonchev–Trinajstić information content (AvgIpc) is 2.48. The van der Waals surface area contributed by atoms with E-state index in [0.717, 1.165) is 30.7 Å². The molecule has 1 aromatic rings. The maximum atomic E-state index is 12.1. The molecule has 5 nitrogen and oxygen atoms in total. The van der Waals surface area contributed by atoms with Gasteiger partial charge < -0.3 is 15.8 Å². The highest BCUT2D eigenvalue weighted by Gasteiger charge is 2.24. The average molecular weight is 291 g/mol. The molecular weight excluding hydrogens is 266 g/mol. The summed E-state index contributed by atoms with van der Waals surface area (Å²) in [4.78, 5) is 14.2. The van der Waals surface area contributed by atoms with Crippen molar-refractivity contribution in [3.8, 4) is 5.75 Å². The topological polar surface area (TPSA) is 67.6 Å². The quantitative estimate of drug-likeness (QED) is 0.853. The van der Waals surface area contributed by atoms with Gasteiger partial charge in [0.15, 0.2) is 0 Å². The molecule has 1 heterocycles. The number of nitrogens with zero attached hydrogens (tertiary/aromatic N) is 1. The molecule has 0 saturated carbocycles. The molecule has 1 saturated heterocycles. The van der Waals surface area contributed by atoms with E-state index in [4.69, 9.17) is 10.5 Å². The van der Waals surface area contributed by atoms with Crippen LogP contribution in [0.25, 0.3) is 0 Å². The first-order chi connectivity index (χ1) is 10.1. The number of benzene rings is 1. The summed E-state index contributed by atoms with van der Waals surface area (Å²) in [5.74, 6) is 0.862. The largest absolute Gasteiger partial charge is 0.497 e. The summed E-state index contributed by atoms with van der Waals surface area (Å²) in [5, 5.41) is 2.96. The van der Waals surface area contributed by atoms with Crippen LogP contribution in [0.3, 0.4) is 0 Å². The molecule has 21 heavy (non-hydrogen) atoms. The first-order valence-corrected chi connectivity index (χ1v) is 7.47. The van der Waals surface area contributed by atoms with Crippen LogP contribution in [0, 0.1) is 0 Å². The van der Waals surface area contributed by atoms with Crippen LogP contribution in [-0.2, 0) is 11.3 Å². The van der Waals surface area contributed by atoms with Gasteiger partial charge in [-0.05, 0) is 37.5 Å². The molecule has 1 fully saturated rings. The number of methoxy groups -OCH3 is 1. The zero-order valence-corrected chi connectivity index (χ0v) is 12.8. The van der Waals surface area contributed by atoms with Gasteiger partial charge in [-0.1, -0.05) is 12.1 Å². The van der Waals surface area contributed by atoms with Crippen molar-refractivity contribution in [3.63, 3.8) is 0 Å². The number of rotatable bonds is 5. The third kappa shape index (κ3) is 4.72. The van der Waals surface area contributed by atoms with Crippen molar-refractivity contribution in [2.24, 2.45) is 5.73 Å². The van der Waals surface area contributed by atoms with Gasteiger partial charge in [-0.2, -0.15) is 0 Å². The number of likely N-dealkylation sites (tertiary alicyclic amines) is 1. The molecule has 0 aromatic heterocycles. The lowest BCUT2D eigenvalue weighted by molar-refractivity contribution is -0.123. The van der Waals surface area contributed by atoms with Crippen LogP contribution < -0.4 is 15.8 Å². The van der Waals surface area contributed by atoms with Crippen molar-refractivity contribution in [1.82, 2.24) is 10.2 Å². The fraction of sp³-hybridized carbons (Fsp3) is 0.562. The molecule has 116 valence electrons. The van der Waals surface area contributed by atoms with Crippen LogP contribution in [-0.4, -0.2) is 43.1 Å². The fourth-order valence-corrected chi connectivity index (χ4v) is 2.72. The summed E-state index contributed by atoms with van der Waals surface area (Å²) in [7, 11) is 1.64. The molecule has 2 rings (SSSR count). The third-order valence-corrected chi connectivity index (χ3v) is 4.02. The van der Waals surface area contributed by atoms with Gasteiger partial charge in [0.2, 0.25) is 5.91 Å². The lowest BCUT2D eigenvalue weighted by Gasteiger charge is -2.35. The van der Waals surface area contributed by atoms with Gasteiger partial charge in [-0.15, -0.1) is 0 Å². The third-order valence-electron chi connectivity index (χ3n) is 4.02. The molecule has 3 N–H and O–H groups in total. The second kappa shape index (κ2) is 7.43. The van der Waals surface area contributed by atoms with Crippen molar-refractivity contribution < 1.29 is 9.53 Å². The zero-order chi connectivity index (χ0) is 15.2. The Labute approximate surface area is 126 Å². The number of piperidine rings is 1. The molecule has 2 unspecified atom stereocenters. The van der Waals surface area contributed by atoms with E-state index in [-0.39, 0.29) is 11.9 Å². The van der Waals surface area contributed by atoms with E-state index >= 15 is 0 Å². The van der Waals surface area contributed by atoms with Crippen LogP contribution in [0.1, 0.15) is 25.3 Å². The molecule has 0 radical (unpaired) electrons. The van der Waals surface area contributed by atoms with Crippen LogP contribution in [0.4, 0.5) is 0 Å². The Balaban J connectivity index is 1.79. The first-order valence-electron chi connectivity index (χ1n) is 7.47. The Morgan fingerprint density at radius 3 is 3.05 bits per heavy atom. The van der Waals surface area contributed by atoms with Gasteiger partial charge in [0.1, 0.15) is 5.75 Å². The molecular formula is C16H25N3O2. The molecule has 1 aliphatic heterocycles. The number of hydrogen-bond donors (Lipinski definition) is 2. The summed E-state index contributed by atoms with van der Waals surface area (Å²) in [6.45, 7) is 4.00. The van der Waals surface area contributed by atoms with Gasteiger partial charge >= 0.3 is 0 Å². The lowest BCUT2D eigenvalue weighted by atomic mass is 9.99. The van der Waals surface area contributed by atoms with Crippen LogP contribution in [0.2, 0.25) is 0 Å². The van der Waals surface area contributed by atoms with E-state index in [2.05, 4.69) is 17.1 Å². The minimum absolute atomic E-state index is 0.0557. The predicted molar refractivity (Wildman–Crippen MR) is 83.1 cm³/mol. The summed E-state index contributed by atoms with van der Waals surface area (Å²) in [5.41, 5.74) is 6.98. The smallest absolute Gasteiger partial charge is 0.234 e. The maximum Gasteiger partial charge on any atom is 0.234 e. The standard InChI is InChI=1S/C16H25N3O2/c1-12-8-14(17)6-7-19(12)11-16(20)18-10-13-4-3-5-15(9-13)21-2/h3-5,9,12,14H,6-8,10-11,17H2,1-2H3,(H,18,20). The second-order valence-corrected chi connectivity index (χ2v) is 5.73. The van der Waals surface area contributed by atoms with Crippen molar-refractivity contribution >= 4 is 5.91 Å². The van der Waals surface area contributed by atoms with Gasteiger partial charge in [-0.25, -0.2) is 0 Å². The normalized spacial score (nSPS) is 22.8. The van der Waals surface area contributed by atoms with Crippen molar-refractivity contribution in [2.75, 3.05) is 20.2 Å². The molecule has 0 spiro atoms. The Morgan fingerprint density at radius 1 is 1.52 bits per heavy atom. The number of nitrogens with two attached hydrogens (primary N) is 1. The minimum Gasteiger partial charge on any atom is -0.497 e. The summed E-state index contributed by atoms with van der Waals surface area (Å²) in [6, 6.07) is 8.37. The van der Waals surface area contributed by atoms with Crippen molar-refractivity contribution in [2.45, 2.75) is 38.4 Å². The fourth-order valence-electron chi connectivity index (χ4n) is 2.72. The highest BCUT2D eigenvalue weighted by molar-refractivity contribution is 5.78. The summed E-state index contributed by atoms with van der Waals surface area (Å²) >= 11 is 0. The van der Waals surface area contributed by atoms with Gasteiger partial charge in [0.05, 0.1) is 13.7 Å². The van der Waals surface area contributed by atoms with Gasteiger partial charge in [-0.3, -0.25) is 9.69 Å². The molecule has 0 aliphatic carbocycles. The van der Waals surface area contributed by atoms with E-state index in [1.807, 2.05) is 24.3 Å². The van der Waals surface area contributed by atoms with Gasteiger partial charge in [0, 0.05) is 25.2 Å². The summed E-state index contributed by atoms with van der Waals surface area (Å²) < 4.78 is 5.17. The first kappa shape index (κ1) is 15.8. The van der Waals surface area contributed by atoms with Gasteiger partial charge in [0.25, 0.3) is 0 Å². The predicted octanol–water partition coefficient (Wildman–Crippen LogP) is 1.12. The number of carbonyl (C=O) groups excluding carboxylic acids is 1. The van der Waals surface area contributed by atoms with Crippen molar-refractivity contribution in [1.29, 1.82) is 0 Å². The molecule has 0 bridgehead atoms. The lowest BCUT2D eigenvalue weighted by Crippen LogP contribution is -2.49. The number of carbonyl (C=O) groups is 1. The van der Waals surface area contributed by atoms with Crippen LogP contribution in [0.5, 0.6) is 5.75 Å². The number of hydrogen-bond acceptors (Lipinski definition) is 4. The Morgan fingerprint density at radius 2 is 2.33 bits per heavy atom. The molecule has 5 heteroatoms. The highest BCUT2D eigenvalue weighted by atomic mass is 16.5. The molecule has 1 aromatic carbocycles. The Hall–Kier alpha value is -1.59. The van der Waals surface area contributed by atoms with E-state index < -0.39 is 0 Å². The van der Waals surface area contributed by atoms with Crippen LogP contribution >= 0.6 is 0 Å².